The van der Waals surface area contributed by atoms with Gasteiger partial charge in [0.25, 0.3) is 0 Å². The molecule has 0 heterocycles. The third kappa shape index (κ3) is 8.41. The predicted molar refractivity (Wildman–Crippen MR) is 103 cm³/mol. The average Bonchev–Trinajstić information content (AvgIpc) is 2.66. The van der Waals surface area contributed by atoms with E-state index in [0.717, 1.165) is 6.42 Å². The normalized spacial score (nSPS) is 22.0. The highest BCUT2D eigenvalue weighted by Gasteiger charge is 2.31. The van der Waals surface area contributed by atoms with Crippen molar-refractivity contribution in [2.45, 2.75) is 43.9 Å². The second kappa shape index (κ2) is 12.0. The first-order chi connectivity index (χ1) is 13.6. The average molecular weight is 392 g/mol. The molecule has 3 atom stereocenters. The van der Waals surface area contributed by atoms with Gasteiger partial charge in [0.05, 0.1) is 6.10 Å². The highest BCUT2D eigenvalue weighted by Crippen LogP contribution is 2.22. The van der Waals surface area contributed by atoms with E-state index >= 15 is 0 Å². The van der Waals surface area contributed by atoms with Crippen molar-refractivity contribution in [1.29, 1.82) is 0 Å². The highest BCUT2D eigenvalue weighted by atomic mass is 16.7. The van der Waals surface area contributed by atoms with Gasteiger partial charge in [-0.1, -0.05) is 42.5 Å². The van der Waals surface area contributed by atoms with Crippen LogP contribution in [0.3, 0.4) is 0 Å². The van der Waals surface area contributed by atoms with Gasteiger partial charge in [-0.15, -0.1) is 0 Å². The molecule has 1 aromatic rings. The zero-order valence-corrected chi connectivity index (χ0v) is 16.0. The van der Waals surface area contributed by atoms with Crippen LogP contribution >= 0.6 is 0 Å². The van der Waals surface area contributed by atoms with Crippen molar-refractivity contribution in [3.63, 3.8) is 0 Å². The summed E-state index contributed by atoms with van der Waals surface area (Å²) < 4.78 is 15.6. The molecule has 1 fully saturated rings. The standard InChI is InChI=1S/C20H28N2O6/c1-26-14-28-18-12-16(21-19(23)24)11-17(13-18)22-20(25)27-10-6-5-9-15-7-3-2-4-8-15/h2-8,16-18,21H,9-14H2,1H3,(H,22,25)(H,23,24)/t16-,17+,18-/m0/s1. The number of methoxy groups -OCH3 is 1. The molecule has 1 aromatic carbocycles. The minimum absolute atomic E-state index is 0.119. The molecule has 3 N–H and O–H groups in total. The number of carboxylic acid groups (broad SMARTS) is 1. The molecule has 2 amide bonds. The van der Waals surface area contributed by atoms with Gasteiger partial charge >= 0.3 is 12.2 Å². The Balaban J connectivity index is 1.74. The molecule has 8 heteroatoms. The van der Waals surface area contributed by atoms with Crippen LogP contribution < -0.4 is 10.6 Å². The Morgan fingerprint density at radius 3 is 2.50 bits per heavy atom. The van der Waals surface area contributed by atoms with Gasteiger partial charge in [-0.25, -0.2) is 9.59 Å². The first-order valence-electron chi connectivity index (χ1n) is 9.29. The molecule has 0 saturated heterocycles. The number of carbonyl (C=O) groups excluding carboxylic acids is 1. The molecule has 0 spiro atoms. The molecule has 154 valence electrons. The van der Waals surface area contributed by atoms with Crippen molar-refractivity contribution in [2.75, 3.05) is 20.5 Å². The third-order valence-electron chi connectivity index (χ3n) is 4.41. The number of alkyl carbamates (subject to hydrolysis) is 1. The molecule has 0 radical (unpaired) electrons. The van der Waals surface area contributed by atoms with Crippen LogP contribution in [0.25, 0.3) is 0 Å². The smallest absolute Gasteiger partial charge is 0.407 e. The molecular formula is C20H28N2O6. The number of hydrogen-bond donors (Lipinski definition) is 3. The fourth-order valence-electron chi connectivity index (χ4n) is 3.21. The molecular weight excluding hydrogens is 364 g/mol. The zero-order valence-electron chi connectivity index (χ0n) is 16.0. The number of hydrogen-bond acceptors (Lipinski definition) is 5. The lowest BCUT2D eigenvalue weighted by atomic mass is 9.89. The molecule has 0 unspecified atom stereocenters. The second-order valence-electron chi connectivity index (χ2n) is 6.65. The summed E-state index contributed by atoms with van der Waals surface area (Å²) in [5.41, 5.74) is 1.18. The molecule has 0 bridgehead atoms. The molecule has 1 aliphatic rings. The number of benzene rings is 1. The maximum absolute atomic E-state index is 12.0. The third-order valence-corrected chi connectivity index (χ3v) is 4.41. The topological polar surface area (TPSA) is 106 Å². The number of nitrogens with one attached hydrogen (secondary N) is 2. The lowest BCUT2D eigenvalue weighted by Gasteiger charge is -2.34. The fraction of sp³-hybridized carbons (Fsp3) is 0.500. The van der Waals surface area contributed by atoms with E-state index in [1.807, 2.05) is 36.4 Å². The second-order valence-corrected chi connectivity index (χ2v) is 6.65. The Kier molecular flexibility index (Phi) is 9.30. The summed E-state index contributed by atoms with van der Waals surface area (Å²) in [7, 11) is 1.52. The van der Waals surface area contributed by atoms with Crippen LogP contribution in [0.5, 0.6) is 0 Å². The van der Waals surface area contributed by atoms with Crippen molar-refractivity contribution in [1.82, 2.24) is 10.6 Å². The summed E-state index contributed by atoms with van der Waals surface area (Å²) in [6, 6.07) is 9.45. The van der Waals surface area contributed by atoms with E-state index in [1.165, 1.54) is 12.7 Å². The van der Waals surface area contributed by atoms with Crippen LogP contribution in [0.1, 0.15) is 24.8 Å². The summed E-state index contributed by atoms with van der Waals surface area (Å²) >= 11 is 0. The van der Waals surface area contributed by atoms with E-state index in [4.69, 9.17) is 19.3 Å². The number of rotatable bonds is 9. The Hall–Kier alpha value is -2.58. The SMILES string of the molecule is COCO[C@H]1C[C@@H](NC(=O)O)C[C@@H](NC(=O)OCC=CCc2ccccc2)C1. The monoisotopic (exact) mass is 392 g/mol. The largest absolute Gasteiger partial charge is 0.465 e. The van der Waals surface area contributed by atoms with Crippen LogP contribution in [0.2, 0.25) is 0 Å². The quantitative estimate of drug-likeness (QED) is 0.441. The van der Waals surface area contributed by atoms with E-state index in [0.29, 0.717) is 19.3 Å². The van der Waals surface area contributed by atoms with Gasteiger partial charge in [0.15, 0.2) is 0 Å². The van der Waals surface area contributed by atoms with Crippen molar-refractivity contribution < 1.29 is 28.9 Å². The van der Waals surface area contributed by atoms with Gasteiger partial charge in [0, 0.05) is 19.2 Å². The van der Waals surface area contributed by atoms with Gasteiger partial charge in [0.1, 0.15) is 13.4 Å². The zero-order chi connectivity index (χ0) is 20.2. The lowest BCUT2D eigenvalue weighted by Crippen LogP contribution is -2.50. The first-order valence-corrected chi connectivity index (χ1v) is 9.29. The first kappa shape index (κ1) is 21.7. The summed E-state index contributed by atoms with van der Waals surface area (Å²) in [4.78, 5) is 23.0. The maximum atomic E-state index is 12.0. The van der Waals surface area contributed by atoms with Gasteiger partial charge in [-0.05, 0) is 31.2 Å². The van der Waals surface area contributed by atoms with Crippen molar-refractivity contribution in [3.8, 4) is 0 Å². The molecule has 28 heavy (non-hydrogen) atoms. The van der Waals surface area contributed by atoms with E-state index in [1.54, 1.807) is 6.08 Å². The summed E-state index contributed by atoms with van der Waals surface area (Å²) in [5, 5.41) is 14.2. The minimum atomic E-state index is -1.10. The van der Waals surface area contributed by atoms with Crippen LogP contribution in [0.15, 0.2) is 42.5 Å². The predicted octanol–water partition coefficient (Wildman–Crippen LogP) is 2.69. The van der Waals surface area contributed by atoms with Crippen LogP contribution in [-0.4, -0.2) is 56.0 Å². The van der Waals surface area contributed by atoms with Crippen molar-refractivity contribution in [3.05, 3.63) is 48.0 Å². The molecule has 8 nitrogen and oxygen atoms in total. The number of ether oxygens (including phenoxy) is 3. The van der Waals surface area contributed by atoms with E-state index < -0.39 is 12.2 Å². The highest BCUT2D eigenvalue weighted by molar-refractivity contribution is 5.68. The van der Waals surface area contributed by atoms with Crippen LogP contribution in [0, 0.1) is 0 Å². The fourth-order valence-corrected chi connectivity index (χ4v) is 3.21. The molecule has 1 saturated carbocycles. The van der Waals surface area contributed by atoms with Gasteiger partial charge < -0.3 is 30.0 Å². The Morgan fingerprint density at radius 1 is 1.11 bits per heavy atom. The lowest BCUT2D eigenvalue weighted by molar-refractivity contribution is -0.0881. The molecule has 1 aliphatic carbocycles. The number of allylic oxidation sites excluding steroid dienone is 1. The van der Waals surface area contributed by atoms with Gasteiger partial charge in [-0.3, -0.25) is 0 Å². The molecule has 2 rings (SSSR count). The Morgan fingerprint density at radius 2 is 1.82 bits per heavy atom. The minimum Gasteiger partial charge on any atom is -0.465 e. The summed E-state index contributed by atoms with van der Waals surface area (Å²) in [5.74, 6) is 0. The van der Waals surface area contributed by atoms with Crippen LogP contribution in [0.4, 0.5) is 9.59 Å². The van der Waals surface area contributed by atoms with Crippen LogP contribution in [-0.2, 0) is 20.6 Å². The van der Waals surface area contributed by atoms with E-state index in [9.17, 15) is 9.59 Å². The Labute approximate surface area is 164 Å². The summed E-state index contributed by atoms with van der Waals surface area (Å²) in [6.45, 7) is 0.291. The van der Waals surface area contributed by atoms with Gasteiger partial charge in [0.2, 0.25) is 0 Å². The number of amides is 2. The number of carbonyl (C=O) groups is 2. The maximum Gasteiger partial charge on any atom is 0.407 e. The molecule has 0 aliphatic heterocycles. The van der Waals surface area contributed by atoms with Gasteiger partial charge in [-0.2, -0.15) is 0 Å². The van der Waals surface area contributed by atoms with E-state index in [-0.39, 0.29) is 31.6 Å². The van der Waals surface area contributed by atoms with Crippen molar-refractivity contribution in [2.24, 2.45) is 0 Å². The summed E-state index contributed by atoms with van der Waals surface area (Å²) in [6.07, 6.45) is 4.27. The Bertz CT molecular complexity index is 637. The van der Waals surface area contributed by atoms with E-state index in [2.05, 4.69) is 10.6 Å². The van der Waals surface area contributed by atoms with Crippen molar-refractivity contribution >= 4 is 12.2 Å². The molecule has 0 aromatic heterocycles.